The summed E-state index contributed by atoms with van der Waals surface area (Å²) < 4.78 is 6.24. The van der Waals surface area contributed by atoms with Crippen molar-refractivity contribution in [3.8, 4) is 0 Å². The Morgan fingerprint density at radius 1 is 1.17 bits per heavy atom. The van der Waals surface area contributed by atoms with Crippen molar-refractivity contribution in [2.24, 2.45) is 4.99 Å². The van der Waals surface area contributed by atoms with Crippen LogP contribution in [0.3, 0.4) is 0 Å². The quantitative estimate of drug-likeness (QED) is 0.485. The van der Waals surface area contributed by atoms with Crippen LogP contribution in [0.5, 0.6) is 0 Å². The summed E-state index contributed by atoms with van der Waals surface area (Å²) >= 11 is 0. The molecule has 1 fully saturated rings. The molecule has 2 aromatic rings. The van der Waals surface area contributed by atoms with Gasteiger partial charge >= 0.3 is 0 Å². The molecule has 2 heterocycles. The molecule has 1 aromatic heterocycles. The van der Waals surface area contributed by atoms with Gasteiger partial charge in [-0.3, -0.25) is 4.99 Å². The first kappa shape index (κ1) is 21.2. The van der Waals surface area contributed by atoms with E-state index in [4.69, 9.17) is 9.41 Å². The van der Waals surface area contributed by atoms with Gasteiger partial charge in [-0.1, -0.05) is 31.7 Å². The number of benzene rings is 1. The zero-order chi connectivity index (χ0) is 21.0. The van der Waals surface area contributed by atoms with Crippen molar-refractivity contribution in [1.82, 2.24) is 4.90 Å². The highest BCUT2D eigenvalue weighted by Crippen LogP contribution is 2.29. The third-order valence-electron chi connectivity index (χ3n) is 5.82. The van der Waals surface area contributed by atoms with Gasteiger partial charge in [-0.25, -0.2) is 0 Å². The van der Waals surface area contributed by atoms with Crippen molar-refractivity contribution >= 4 is 22.3 Å². The Morgan fingerprint density at radius 2 is 1.90 bits per heavy atom. The molecule has 3 nitrogen and oxygen atoms in total. The lowest BCUT2D eigenvalue weighted by Gasteiger charge is -2.31. The zero-order valence-corrected chi connectivity index (χ0v) is 18.6. The third-order valence-corrected chi connectivity index (χ3v) is 5.82. The summed E-state index contributed by atoms with van der Waals surface area (Å²) in [4.78, 5) is 7.29. The molecule has 1 aromatic carbocycles. The number of para-hydroxylation sites is 1. The number of hydrogen-bond acceptors (Lipinski definition) is 3. The van der Waals surface area contributed by atoms with E-state index in [-0.39, 0.29) is 0 Å². The van der Waals surface area contributed by atoms with E-state index in [1.54, 1.807) is 0 Å². The maximum atomic E-state index is 6.24. The van der Waals surface area contributed by atoms with E-state index in [1.165, 1.54) is 30.5 Å². The highest BCUT2D eigenvalue weighted by Gasteiger charge is 2.16. The van der Waals surface area contributed by atoms with E-state index in [0.29, 0.717) is 0 Å². The first-order valence-corrected chi connectivity index (χ1v) is 10.8. The number of allylic oxidation sites excluding steroid dienone is 5. The van der Waals surface area contributed by atoms with Gasteiger partial charge in [0.15, 0.2) is 0 Å². The Morgan fingerprint density at radius 3 is 2.52 bits per heavy atom. The minimum absolute atomic E-state index is 0.818. The molecular formula is C26H34N2O. The Hall–Kier alpha value is -2.55. The van der Waals surface area contributed by atoms with Gasteiger partial charge in [-0.05, 0) is 82.2 Å². The van der Waals surface area contributed by atoms with Crippen molar-refractivity contribution in [2.45, 2.75) is 60.3 Å². The fraction of sp³-hybridized carbons (Fsp3) is 0.423. The van der Waals surface area contributed by atoms with E-state index in [9.17, 15) is 0 Å². The minimum atomic E-state index is 0.818. The van der Waals surface area contributed by atoms with Crippen molar-refractivity contribution in [3.63, 3.8) is 0 Å². The van der Waals surface area contributed by atoms with Crippen LogP contribution < -0.4 is 0 Å². The highest BCUT2D eigenvalue weighted by molar-refractivity contribution is 6.12. The SMILES string of the molecule is C=C(C)N=C(/C=C(\CC)c1cc2cccc(C)c2o1)/C(C)=C(\C)N1CCCCC1. The second-order valence-corrected chi connectivity index (χ2v) is 8.12. The van der Waals surface area contributed by atoms with Gasteiger partial charge < -0.3 is 9.32 Å². The summed E-state index contributed by atoms with van der Waals surface area (Å²) in [5, 5.41) is 1.15. The topological polar surface area (TPSA) is 28.7 Å². The molecule has 0 unspecified atom stereocenters. The van der Waals surface area contributed by atoms with Crippen molar-refractivity contribution in [1.29, 1.82) is 0 Å². The van der Waals surface area contributed by atoms with E-state index in [2.05, 4.69) is 69.5 Å². The Balaban J connectivity index is 2.03. The molecule has 3 heteroatoms. The smallest absolute Gasteiger partial charge is 0.137 e. The second kappa shape index (κ2) is 9.30. The average Bonchev–Trinajstić information content (AvgIpc) is 3.16. The van der Waals surface area contributed by atoms with Gasteiger partial charge in [-0.2, -0.15) is 0 Å². The number of hydrogen-bond donors (Lipinski definition) is 0. The normalized spacial score (nSPS) is 16.9. The summed E-state index contributed by atoms with van der Waals surface area (Å²) in [5.41, 5.74) is 7.62. The number of likely N-dealkylation sites (tertiary alicyclic amines) is 1. The van der Waals surface area contributed by atoms with E-state index >= 15 is 0 Å². The minimum Gasteiger partial charge on any atom is -0.456 e. The molecule has 3 rings (SSSR count). The van der Waals surface area contributed by atoms with Gasteiger partial charge in [0.05, 0.1) is 5.71 Å². The van der Waals surface area contributed by atoms with Gasteiger partial charge in [0.25, 0.3) is 0 Å². The average molecular weight is 391 g/mol. The van der Waals surface area contributed by atoms with E-state index < -0.39 is 0 Å². The van der Waals surface area contributed by atoms with Crippen LogP contribution >= 0.6 is 0 Å². The molecule has 0 amide bonds. The number of rotatable bonds is 6. The fourth-order valence-corrected chi connectivity index (χ4v) is 3.96. The third kappa shape index (κ3) is 4.90. The predicted octanol–water partition coefficient (Wildman–Crippen LogP) is 7.29. The zero-order valence-electron chi connectivity index (χ0n) is 18.6. The van der Waals surface area contributed by atoms with Crippen LogP contribution in [-0.2, 0) is 0 Å². The lowest BCUT2D eigenvalue weighted by molar-refractivity contribution is 0.284. The molecule has 0 saturated carbocycles. The number of aliphatic imine (C=N–C) groups is 1. The number of fused-ring (bicyclic) bond motifs is 1. The molecule has 0 spiro atoms. The molecule has 0 aliphatic carbocycles. The lowest BCUT2D eigenvalue weighted by atomic mass is 10.0. The van der Waals surface area contributed by atoms with Gasteiger partial charge in [0.2, 0.25) is 0 Å². The Bertz CT molecular complexity index is 981. The first-order valence-electron chi connectivity index (χ1n) is 10.8. The molecule has 154 valence electrons. The summed E-state index contributed by atoms with van der Waals surface area (Å²) in [6, 6.07) is 8.42. The van der Waals surface area contributed by atoms with Crippen LogP contribution in [0.15, 0.2) is 63.3 Å². The molecule has 0 atom stereocenters. The number of aryl methyl sites for hydroxylation is 1. The van der Waals surface area contributed by atoms with Gasteiger partial charge in [0.1, 0.15) is 11.3 Å². The molecule has 1 aliphatic heterocycles. The molecule has 0 N–H and O–H groups in total. The van der Waals surface area contributed by atoms with Gasteiger partial charge in [0, 0.05) is 29.9 Å². The predicted molar refractivity (Wildman–Crippen MR) is 125 cm³/mol. The largest absolute Gasteiger partial charge is 0.456 e. The maximum Gasteiger partial charge on any atom is 0.137 e. The standard InChI is InChI=1S/C26H34N2O/c1-7-22(25-17-23-13-11-12-19(4)26(23)29-25)16-24(27-18(2)3)20(5)21(6)28-14-9-8-10-15-28/h11-13,16-17H,2,7-10,14-15H2,1,3-6H3/b21-20+,22-16+,27-24?. The molecule has 1 aliphatic rings. The maximum absolute atomic E-state index is 6.24. The van der Waals surface area contributed by atoms with Crippen LogP contribution in [-0.4, -0.2) is 23.7 Å². The molecule has 0 bridgehead atoms. The summed E-state index contributed by atoms with van der Waals surface area (Å²) in [6.07, 6.45) is 6.94. The van der Waals surface area contributed by atoms with Gasteiger partial charge in [-0.15, -0.1) is 0 Å². The first-order chi connectivity index (χ1) is 13.9. The molecule has 29 heavy (non-hydrogen) atoms. The summed E-state index contributed by atoms with van der Waals surface area (Å²) in [6.45, 7) is 16.9. The Kier molecular flexibility index (Phi) is 6.79. The van der Waals surface area contributed by atoms with Crippen LogP contribution in [0, 0.1) is 6.92 Å². The van der Waals surface area contributed by atoms with Crippen molar-refractivity contribution in [2.75, 3.05) is 13.1 Å². The van der Waals surface area contributed by atoms with Crippen LogP contribution in [0.4, 0.5) is 0 Å². The van der Waals surface area contributed by atoms with E-state index in [1.807, 2.05) is 6.92 Å². The van der Waals surface area contributed by atoms with E-state index in [0.717, 1.165) is 58.8 Å². The van der Waals surface area contributed by atoms with Crippen molar-refractivity contribution in [3.05, 3.63) is 65.2 Å². The number of piperidine rings is 1. The Labute approximate surface area is 175 Å². The number of furan rings is 1. The molecule has 0 radical (unpaired) electrons. The lowest BCUT2D eigenvalue weighted by Crippen LogP contribution is -2.29. The fourth-order valence-electron chi connectivity index (χ4n) is 3.96. The van der Waals surface area contributed by atoms with Crippen LogP contribution in [0.2, 0.25) is 0 Å². The van der Waals surface area contributed by atoms with Crippen molar-refractivity contribution < 1.29 is 4.42 Å². The highest BCUT2D eigenvalue weighted by atomic mass is 16.3. The molecule has 1 saturated heterocycles. The molecular weight excluding hydrogens is 356 g/mol. The van der Waals surface area contributed by atoms with Crippen LogP contribution in [0.25, 0.3) is 16.5 Å². The second-order valence-electron chi connectivity index (χ2n) is 8.12. The summed E-state index contributed by atoms with van der Waals surface area (Å²) in [5.74, 6) is 0.926. The monoisotopic (exact) mass is 390 g/mol. The van der Waals surface area contributed by atoms with Crippen LogP contribution in [0.1, 0.15) is 64.7 Å². The summed E-state index contributed by atoms with van der Waals surface area (Å²) in [7, 11) is 0. The number of nitrogens with zero attached hydrogens (tertiary/aromatic N) is 2.